The number of nitrogens with one attached hydrogen (secondary N) is 3. The highest BCUT2D eigenvalue weighted by molar-refractivity contribution is 7.98. The number of rotatable bonds is 5. The molecule has 0 saturated heterocycles. The minimum Gasteiger partial charge on any atom is -0.325 e. The van der Waals surface area contributed by atoms with Crippen LogP contribution in [0.3, 0.4) is 0 Å². The lowest BCUT2D eigenvalue weighted by Crippen LogP contribution is -2.36. The SMILES string of the molecule is O=C1CC(C(=O)Nc2cccc(F)c2)c2c(nc(SCc3cccc(Cl)c3)[nH]c2=O)N1. The van der Waals surface area contributed by atoms with Crippen LogP contribution >= 0.6 is 23.4 Å². The molecule has 3 N–H and O–H groups in total. The summed E-state index contributed by atoms with van der Waals surface area (Å²) >= 11 is 7.25. The van der Waals surface area contributed by atoms with Crippen LogP contribution in [0.4, 0.5) is 15.9 Å². The Morgan fingerprint density at radius 2 is 2.03 bits per heavy atom. The number of hydrogen-bond acceptors (Lipinski definition) is 5. The predicted molar refractivity (Wildman–Crippen MR) is 117 cm³/mol. The molecule has 0 fully saturated rings. The van der Waals surface area contributed by atoms with Crippen LogP contribution in [0.1, 0.15) is 23.5 Å². The molecular weight excluding hydrogens is 443 g/mol. The molecular formula is C21H16ClFN4O3S. The fraction of sp³-hybridized carbons (Fsp3) is 0.143. The number of fused-ring (bicyclic) bond motifs is 1. The van der Waals surface area contributed by atoms with E-state index in [0.717, 1.165) is 11.6 Å². The molecule has 0 saturated carbocycles. The Morgan fingerprint density at radius 3 is 2.81 bits per heavy atom. The summed E-state index contributed by atoms with van der Waals surface area (Å²) in [6.07, 6.45) is -0.214. The number of amides is 2. The highest BCUT2D eigenvalue weighted by atomic mass is 35.5. The van der Waals surface area contributed by atoms with Crippen LogP contribution in [-0.2, 0) is 15.3 Å². The largest absolute Gasteiger partial charge is 0.325 e. The first kappa shape index (κ1) is 21.1. The molecule has 0 spiro atoms. The summed E-state index contributed by atoms with van der Waals surface area (Å²) in [4.78, 5) is 44.7. The van der Waals surface area contributed by atoms with Gasteiger partial charge in [-0.2, -0.15) is 0 Å². The summed E-state index contributed by atoms with van der Waals surface area (Å²) < 4.78 is 13.4. The molecule has 3 aromatic rings. The van der Waals surface area contributed by atoms with Crippen LogP contribution < -0.4 is 16.2 Å². The molecule has 7 nitrogen and oxygen atoms in total. The molecule has 1 unspecified atom stereocenters. The second kappa shape index (κ2) is 8.91. The first-order chi connectivity index (χ1) is 14.9. The summed E-state index contributed by atoms with van der Waals surface area (Å²) in [5.74, 6) is -2.03. The standard InChI is InChI=1S/C21H16ClFN4O3S/c22-12-4-1-3-11(7-12)10-31-21-26-18-17(20(30)27-21)15(9-16(28)25-18)19(29)24-14-6-2-5-13(23)8-14/h1-8,15H,9-10H2,(H,24,29)(H2,25,26,27,28,30). The summed E-state index contributed by atoms with van der Waals surface area (Å²) in [7, 11) is 0. The van der Waals surface area contributed by atoms with Crippen LogP contribution in [0.2, 0.25) is 5.02 Å². The van der Waals surface area contributed by atoms with Gasteiger partial charge in [0.15, 0.2) is 5.16 Å². The zero-order chi connectivity index (χ0) is 22.0. The number of aromatic nitrogens is 2. The van der Waals surface area contributed by atoms with Crippen molar-refractivity contribution in [3.8, 4) is 0 Å². The number of hydrogen-bond donors (Lipinski definition) is 3. The van der Waals surface area contributed by atoms with E-state index in [2.05, 4.69) is 20.6 Å². The first-order valence-electron chi connectivity index (χ1n) is 9.27. The number of nitrogens with zero attached hydrogens (tertiary/aromatic N) is 1. The molecule has 0 radical (unpaired) electrons. The summed E-state index contributed by atoms with van der Waals surface area (Å²) in [5, 5.41) is 6.01. The number of thioether (sulfide) groups is 1. The van der Waals surface area contributed by atoms with E-state index in [-0.39, 0.29) is 23.5 Å². The van der Waals surface area contributed by atoms with Crippen molar-refractivity contribution in [2.75, 3.05) is 10.6 Å². The zero-order valence-corrected chi connectivity index (χ0v) is 17.5. The van der Waals surface area contributed by atoms with Crippen LogP contribution in [0.5, 0.6) is 0 Å². The molecule has 4 rings (SSSR count). The minimum absolute atomic E-state index is 0.0491. The molecule has 1 aromatic heterocycles. The van der Waals surface area contributed by atoms with Gasteiger partial charge in [0.2, 0.25) is 11.8 Å². The normalized spacial score (nSPS) is 15.2. The average molecular weight is 459 g/mol. The van der Waals surface area contributed by atoms with E-state index in [1.807, 2.05) is 12.1 Å². The highest BCUT2D eigenvalue weighted by Gasteiger charge is 2.34. The second-order valence-electron chi connectivity index (χ2n) is 6.86. The molecule has 0 bridgehead atoms. The van der Waals surface area contributed by atoms with Gasteiger partial charge in [0.05, 0.1) is 11.5 Å². The van der Waals surface area contributed by atoms with E-state index in [9.17, 15) is 18.8 Å². The van der Waals surface area contributed by atoms with Crippen LogP contribution in [-0.4, -0.2) is 21.8 Å². The molecule has 10 heteroatoms. The molecule has 31 heavy (non-hydrogen) atoms. The molecule has 158 valence electrons. The Labute approximate surface area is 185 Å². The van der Waals surface area contributed by atoms with Gasteiger partial charge < -0.3 is 15.6 Å². The Morgan fingerprint density at radius 1 is 1.23 bits per heavy atom. The third-order valence-corrected chi connectivity index (χ3v) is 5.78. The average Bonchev–Trinajstić information content (AvgIpc) is 2.71. The Bertz CT molecular complexity index is 1230. The minimum atomic E-state index is -1.05. The monoisotopic (exact) mass is 458 g/mol. The number of anilines is 2. The van der Waals surface area contributed by atoms with Crippen molar-refractivity contribution in [3.05, 3.63) is 80.9 Å². The number of halogens is 2. The molecule has 2 aromatic carbocycles. The van der Waals surface area contributed by atoms with Gasteiger partial charge in [-0.05, 0) is 35.9 Å². The molecule has 1 aliphatic rings. The number of H-pyrrole nitrogens is 1. The predicted octanol–water partition coefficient (Wildman–Crippen LogP) is 3.92. The van der Waals surface area contributed by atoms with Crippen molar-refractivity contribution < 1.29 is 14.0 Å². The van der Waals surface area contributed by atoms with Crippen LogP contribution in [0.25, 0.3) is 0 Å². The van der Waals surface area contributed by atoms with Gasteiger partial charge in [-0.25, -0.2) is 9.37 Å². The van der Waals surface area contributed by atoms with Crippen molar-refractivity contribution >= 4 is 46.7 Å². The fourth-order valence-electron chi connectivity index (χ4n) is 3.22. The van der Waals surface area contributed by atoms with Gasteiger partial charge in [0.1, 0.15) is 11.6 Å². The zero-order valence-electron chi connectivity index (χ0n) is 15.9. The smallest absolute Gasteiger partial charge is 0.257 e. The lowest BCUT2D eigenvalue weighted by molar-refractivity contribution is -0.123. The maximum absolute atomic E-state index is 13.4. The molecule has 1 aliphatic heterocycles. The van der Waals surface area contributed by atoms with E-state index < -0.39 is 29.1 Å². The first-order valence-corrected chi connectivity index (χ1v) is 10.6. The van der Waals surface area contributed by atoms with Crippen molar-refractivity contribution in [2.45, 2.75) is 23.2 Å². The number of aromatic amines is 1. The van der Waals surface area contributed by atoms with E-state index >= 15 is 0 Å². The quantitative estimate of drug-likeness (QED) is 0.397. The van der Waals surface area contributed by atoms with Crippen molar-refractivity contribution in [1.82, 2.24) is 9.97 Å². The molecule has 2 amide bonds. The third kappa shape index (κ3) is 4.95. The fourth-order valence-corrected chi connectivity index (χ4v) is 4.23. The van der Waals surface area contributed by atoms with Crippen molar-refractivity contribution in [1.29, 1.82) is 0 Å². The second-order valence-corrected chi connectivity index (χ2v) is 8.26. The Hall–Kier alpha value is -3.17. The van der Waals surface area contributed by atoms with E-state index in [0.29, 0.717) is 15.9 Å². The number of benzene rings is 2. The summed E-state index contributed by atoms with van der Waals surface area (Å²) in [6, 6.07) is 12.6. The van der Waals surface area contributed by atoms with E-state index in [4.69, 9.17) is 11.6 Å². The molecule has 2 heterocycles. The summed E-state index contributed by atoms with van der Waals surface area (Å²) in [6.45, 7) is 0. The van der Waals surface area contributed by atoms with Gasteiger partial charge in [0, 0.05) is 22.9 Å². The van der Waals surface area contributed by atoms with Gasteiger partial charge in [-0.1, -0.05) is 41.6 Å². The molecule has 0 aliphatic carbocycles. The number of carbonyl (C=O) groups is 2. The maximum atomic E-state index is 13.4. The lowest BCUT2D eigenvalue weighted by Gasteiger charge is -2.23. The van der Waals surface area contributed by atoms with Gasteiger partial charge in [-0.3, -0.25) is 14.4 Å². The molecule has 1 atom stereocenters. The summed E-state index contributed by atoms with van der Waals surface area (Å²) in [5.41, 5.74) is 0.725. The van der Waals surface area contributed by atoms with Crippen molar-refractivity contribution in [3.63, 3.8) is 0 Å². The van der Waals surface area contributed by atoms with Crippen molar-refractivity contribution in [2.24, 2.45) is 0 Å². The van der Waals surface area contributed by atoms with E-state index in [1.54, 1.807) is 12.1 Å². The lowest BCUT2D eigenvalue weighted by atomic mass is 9.92. The Kier molecular flexibility index (Phi) is 6.06. The Balaban J connectivity index is 1.58. The van der Waals surface area contributed by atoms with Crippen LogP contribution in [0, 0.1) is 5.82 Å². The number of carbonyl (C=O) groups excluding carboxylic acids is 2. The van der Waals surface area contributed by atoms with Gasteiger partial charge in [0.25, 0.3) is 5.56 Å². The van der Waals surface area contributed by atoms with Crippen LogP contribution in [0.15, 0.2) is 58.5 Å². The highest BCUT2D eigenvalue weighted by Crippen LogP contribution is 2.31. The maximum Gasteiger partial charge on any atom is 0.257 e. The van der Waals surface area contributed by atoms with Gasteiger partial charge >= 0.3 is 0 Å². The topological polar surface area (TPSA) is 104 Å². The van der Waals surface area contributed by atoms with Gasteiger partial charge in [-0.15, -0.1) is 0 Å². The third-order valence-electron chi connectivity index (χ3n) is 4.60. The van der Waals surface area contributed by atoms with E-state index in [1.165, 1.54) is 30.0 Å².